The maximum Gasteiger partial charge on any atom is 0.341 e. The minimum absolute atomic E-state index is 0.330. The van der Waals surface area contributed by atoms with Crippen molar-refractivity contribution in [1.82, 2.24) is 0 Å². The highest BCUT2D eigenvalue weighted by molar-refractivity contribution is 14.1. The molecule has 0 atom stereocenters. The third-order valence-electron chi connectivity index (χ3n) is 4.31. The largest absolute Gasteiger partial charge is 0.482 e. The number of thioether (sulfide) groups is 1. The number of carboxylic acids is 1. The Balaban J connectivity index is 1.80. The quantitative estimate of drug-likeness (QED) is 0.215. The fourth-order valence-electron chi connectivity index (χ4n) is 2.95. The van der Waals surface area contributed by atoms with E-state index in [1.165, 1.54) is 23.8 Å². The number of benzene rings is 3. The van der Waals surface area contributed by atoms with E-state index in [0.717, 1.165) is 16.2 Å². The van der Waals surface area contributed by atoms with Gasteiger partial charge >= 0.3 is 5.97 Å². The highest BCUT2D eigenvalue weighted by atomic mass is 127. The van der Waals surface area contributed by atoms with Crippen molar-refractivity contribution in [2.75, 3.05) is 12.4 Å². The van der Waals surface area contributed by atoms with Gasteiger partial charge in [0.2, 0.25) is 0 Å². The first-order valence-corrected chi connectivity index (χ1v) is 12.4. The molecule has 0 bridgehead atoms. The highest BCUT2D eigenvalue weighted by Crippen LogP contribution is 2.30. The highest BCUT2D eigenvalue weighted by Gasteiger charge is 2.08. The summed E-state index contributed by atoms with van der Waals surface area (Å²) in [5.74, 6) is 0.422. The minimum atomic E-state index is -0.977. The van der Waals surface area contributed by atoms with Crippen molar-refractivity contribution in [3.05, 3.63) is 96.6 Å². The van der Waals surface area contributed by atoms with Crippen LogP contribution in [0.15, 0.2) is 77.7 Å². The third kappa shape index (κ3) is 6.75. The molecule has 0 aliphatic rings. The van der Waals surface area contributed by atoms with Gasteiger partial charge in [-0.15, -0.1) is 11.8 Å². The Kier molecular flexibility index (Phi) is 8.64. The number of carbonyl (C=O) groups is 1. The summed E-state index contributed by atoms with van der Waals surface area (Å²) in [6, 6.07) is 22.8. The zero-order valence-corrected chi connectivity index (χ0v) is 21.4. The van der Waals surface area contributed by atoms with Gasteiger partial charge in [0, 0.05) is 17.8 Å². The van der Waals surface area contributed by atoms with E-state index in [2.05, 4.69) is 99.8 Å². The van der Waals surface area contributed by atoms with Gasteiger partial charge in [0.1, 0.15) is 5.75 Å². The standard InChI is InChI=1S/C24H20I2O3S/c1-16-12-21(29-15-24(27)28)8-9-23(16)30-11-10-22(17-4-2-6-19(25)13-17)18-5-3-7-20(26)14-18/h2-10,12-14H,11,15H2,1H3,(H,27,28). The van der Waals surface area contributed by atoms with E-state index in [0.29, 0.717) is 5.75 Å². The van der Waals surface area contributed by atoms with Gasteiger partial charge in [0.25, 0.3) is 0 Å². The van der Waals surface area contributed by atoms with Gasteiger partial charge in [0.15, 0.2) is 6.61 Å². The Morgan fingerprint density at radius 1 is 1.00 bits per heavy atom. The summed E-state index contributed by atoms with van der Waals surface area (Å²) >= 11 is 6.45. The molecule has 1 N–H and O–H groups in total. The molecular weight excluding hydrogens is 622 g/mol. The molecule has 0 radical (unpaired) electrons. The molecule has 0 aliphatic heterocycles. The molecule has 0 spiro atoms. The summed E-state index contributed by atoms with van der Waals surface area (Å²) in [4.78, 5) is 11.8. The predicted octanol–water partition coefficient (Wildman–Crippen LogP) is 6.89. The zero-order valence-electron chi connectivity index (χ0n) is 16.3. The van der Waals surface area contributed by atoms with Crippen LogP contribution < -0.4 is 4.74 Å². The minimum Gasteiger partial charge on any atom is -0.482 e. The molecule has 0 unspecified atom stereocenters. The number of aryl methyl sites for hydroxylation is 1. The van der Waals surface area contributed by atoms with E-state index in [1.807, 2.05) is 25.1 Å². The van der Waals surface area contributed by atoms with Crippen molar-refractivity contribution in [1.29, 1.82) is 0 Å². The van der Waals surface area contributed by atoms with Crippen LogP contribution in [0.25, 0.3) is 5.57 Å². The van der Waals surface area contributed by atoms with E-state index in [9.17, 15) is 4.79 Å². The zero-order chi connectivity index (χ0) is 21.5. The van der Waals surface area contributed by atoms with Gasteiger partial charge in [-0.05, 0) is 117 Å². The molecule has 0 amide bonds. The van der Waals surface area contributed by atoms with Crippen LogP contribution in [0.4, 0.5) is 0 Å². The second-order valence-corrected chi connectivity index (χ2v) is 10.1. The maximum absolute atomic E-state index is 10.7. The van der Waals surface area contributed by atoms with E-state index in [-0.39, 0.29) is 6.61 Å². The topological polar surface area (TPSA) is 46.5 Å². The molecule has 154 valence electrons. The molecule has 0 heterocycles. The normalized spacial score (nSPS) is 10.5. The van der Waals surface area contributed by atoms with Gasteiger partial charge in [-0.2, -0.15) is 0 Å². The lowest BCUT2D eigenvalue weighted by atomic mass is 9.98. The lowest BCUT2D eigenvalue weighted by molar-refractivity contribution is -0.139. The van der Waals surface area contributed by atoms with Gasteiger partial charge in [-0.1, -0.05) is 30.3 Å². The van der Waals surface area contributed by atoms with Crippen LogP contribution >= 0.6 is 56.9 Å². The second-order valence-electron chi connectivity index (χ2n) is 6.56. The molecule has 3 aromatic carbocycles. The summed E-state index contributed by atoms with van der Waals surface area (Å²) < 4.78 is 7.68. The fourth-order valence-corrected chi connectivity index (χ4v) is 4.91. The van der Waals surface area contributed by atoms with Crippen molar-refractivity contribution < 1.29 is 14.6 Å². The van der Waals surface area contributed by atoms with Crippen LogP contribution in [0.3, 0.4) is 0 Å². The molecule has 6 heteroatoms. The van der Waals surface area contributed by atoms with E-state index in [4.69, 9.17) is 9.84 Å². The Morgan fingerprint density at radius 3 is 2.17 bits per heavy atom. The summed E-state index contributed by atoms with van der Waals surface area (Å²) in [6.07, 6.45) is 2.27. The number of rotatable bonds is 8. The number of hydrogen-bond acceptors (Lipinski definition) is 3. The Labute approximate surface area is 208 Å². The summed E-state index contributed by atoms with van der Waals surface area (Å²) in [5, 5.41) is 8.75. The van der Waals surface area contributed by atoms with Crippen molar-refractivity contribution in [3.63, 3.8) is 0 Å². The molecular formula is C24H20I2O3S. The molecule has 0 aromatic heterocycles. The average Bonchev–Trinajstić information content (AvgIpc) is 2.71. The predicted molar refractivity (Wildman–Crippen MR) is 140 cm³/mol. The first-order valence-electron chi connectivity index (χ1n) is 9.22. The van der Waals surface area contributed by atoms with Crippen LogP contribution in [0.2, 0.25) is 0 Å². The van der Waals surface area contributed by atoms with Crippen molar-refractivity contribution >= 4 is 68.5 Å². The van der Waals surface area contributed by atoms with Crippen LogP contribution in [-0.4, -0.2) is 23.4 Å². The van der Waals surface area contributed by atoms with E-state index < -0.39 is 5.97 Å². The van der Waals surface area contributed by atoms with Crippen LogP contribution in [0, 0.1) is 14.1 Å². The Hall–Kier alpha value is -1.52. The molecule has 3 rings (SSSR count). The fraction of sp³-hybridized carbons (Fsp3) is 0.125. The monoisotopic (exact) mass is 642 g/mol. The number of halogens is 2. The maximum atomic E-state index is 10.7. The number of aliphatic carboxylic acids is 1. The summed E-state index contributed by atoms with van der Waals surface area (Å²) in [6.45, 7) is 1.68. The van der Waals surface area contributed by atoms with Crippen molar-refractivity contribution in [2.24, 2.45) is 0 Å². The second kappa shape index (κ2) is 11.2. The van der Waals surface area contributed by atoms with Gasteiger partial charge in [-0.25, -0.2) is 4.79 Å². The SMILES string of the molecule is Cc1cc(OCC(=O)O)ccc1SCC=C(c1cccc(I)c1)c1cccc(I)c1. The molecule has 0 saturated carbocycles. The number of hydrogen-bond donors (Lipinski definition) is 1. The van der Waals surface area contributed by atoms with Crippen LogP contribution in [0.5, 0.6) is 5.75 Å². The molecule has 0 saturated heterocycles. The Bertz CT molecular complexity index is 1030. The summed E-state index contributed by atoms with van der Waals surface area (Å²) in [7, 11) is 0. The van der Waals surface area contributed by atoms with Crippen molar-refractivity contribution in [2.45, 2.75) is 11.8 Å². The average molecular weight is 642 g/mol. The molecule has 3 aromatic rings. The van der Waals surface area contributed by atoms with E-state index >= 15 is 0 Å². The lowest BCUT2D eigenvalue weighted by Crippen LogP contribution is -2.09. The van der Waals surface area contributed by atoms with Crippen LogP contribution in [-0.2, 0) is 4.79 Å². The van der Waals surface area contributed by atoms with Gasteiger partial charge in [-0.3, -0.25) is 0 Å². The number of carboxylic acid groups (broad SMARTS) is 1. The molecule has 0 aliphatic carbocycles. The smallest absolute Gasteiger partial charge is 0.341 e. The molecule has 3 nitrogen and oxygen atoms in total. The van der Waals surface area contributed by atoms with Crippen LogP contribution in [0.1, 0.15) is 16.7 Å². The van der Waals surface area contributed by atoms with Gasteiger partial charge in [0.05, 0.1) is 0 Å². The summed E-state index contributed by atoms with van der Waals surface area (Å²) in [5.41, 5.74) is 4.71. The van der Waals surface area contributed by atoms with Crippen molar-refractivity contribution in [3.8, 4) is 5.75 Å². The van der Waals surface area contributed by atoms with E-state index in [1.54, 1.807) is 11.8 Å². The number of ether oxygens (including phenoxy) is 1. The first kappa shape index (κ1) is 23.1. The lowest BCUT2D eigenvalue weighted by Gasteiger charge is -2.11. The van der Waals surface area contributed by atoms with Gasteiger partial charge < -0.3 is 9.84 Å². The Morgan fingerprint density at radius 2 is 1.63 bits per heavy atom. The third-order valence-corrected chi connectivity index (χ3v) is 6.75. The molecule has 0 fully saturated rings. The first-order chi connectivity index (χ1) is 14.4. The molecule has 30 heavy (non-hydrogen) atoms.